The van der Waals surface area contributed by atoms with Crippen LogP contribution in [0.2, 0.25) is 0 Å². The number of aryl methyl sites for hydroxylation is 3. The highest BCUT2D eigenvalue weighted by molar-refractivity contribution is 5.75. The van der Waals surface area contributed by atoms with E-state index in [2.05, 4.69) is 21.1 Å². The van der Waals surface area contributed by atoms with Gasteiger partial charge in [0.15, 0.2) is 5.65 Å². The van der Waals surface area contributed by atoms with E-state index in [1.807, 2.05) is 57.2 Å². The molecular weight excluding hydrogens is 376 g/mol. The van der Waals surface area contributed by atoms with Crippen LogP contribution in [0.15, 0.2) is 59.8 Å². The van der Waals surface area contributed by atoms with Crippen molar-refractivity contribution in [3.05, 3.63) is 87.9 Å². The van der Waals surface area contributed by atoms with Crippen molar-refractivity contribution in [3.8, 4) is 5.69 Å². The zero-order valence-electron chi connectivity index (χ0n) is 17.0. The molecule has 0 bridgehead atoms. The summed E-state index contributed by atoms with van der Waals surface area (Å²) in [7, 11) is 0. The van der Waals surface area contributed by atoms with Gasteiger partial charge in [-0.25, -0.2) is 19.6 Å². The van der Waals surface area contributed by atoms with Gasteiger partial charge in [-0.3, -0.25) is 9.36 Å². The van der Waals surface area contributed by atoms with Crippen molar-refractivity contribution in [1.29, 1.82) is 0 Å². The number of hydrogen-bond acceptors (Lipinski definition) is 5. The summed E-state index contributed by atoms with van der Waals surface area (Å²) >= 11 is 0. The van der Waals surface area contributed by atoms with Crippen LogP contribution in [0.25, 0.3) is 27.8 Å². The minimum absolute atomic E-state index is 0.148. The molecule has 148 valence electrons. The van der Waals surface area contributed by atoms with Gasteiger partial charge in [0.05, 0.1) is 40.9 Å². The molecule has 0 unspecified atom stereocenters. The second kappa shape index (κ2) is 6.88. The number of para-hydroxylation sites is 2. The second-order valence-corrected chi connectivity index (χ2v) is 7.56. The van der Waals surface area contributed by atoms with Crippen LogP contribution in [0.1, 0.15) is 22.5 Å². The molecular formula is C23H20N6O. The topological polar surface area (TPSA) is 78.5 Å². The minimum Gasteiger partial charge on any atom is -0.292 e. The molecule has 0 N–H and O–H groups in total. The number of benzene rings is 2. The molecule has 0 aliphatic rings. The van der Waals surface area contributed by atoms with Crippen LogP contribution in [0, 0.1) is 20.8 Å². The van der Waals surface area contributed by atoms with Crippen molar-refractivity contribution >= 4 is 22.1 Å². The summed E-state index contributed by atoms with van der Waals surface area (Å²) in [4.78, 5) is 27.0. The zero-order chi connectivity index (χ0) is 20.8. The van der Waals surface area contributed by atoms with Crippen LogP contribution in [-0.4, -0.2) is 29.3 Å². The fraction of sp³-hybridized carbons (Fsp3) is 0.174. The van der Waals surface area contributed by atoms with Gasteiger partial charge in [-0.1, -0.05) is 18.2 Å². The lowest BCUT2D eigenvalue weighted by atomic mass is 10.1. The first-order valence-corrected chi connectivity index (χ1v) is 9.74. The molecule has 5 aromatic rings. The zero-order valence-corrected chi connectivity index (χ0v) is 17.0. The van der Waals surface area contributed by atoms with E-state index in [4.69, 9.17) is 4.98 Å². The monoisotopic (exact) mass is 396 g/mol. The minimum atomic E-state index is -0.148. The maximum Gasteiger partial charge on any atom is 0.264 e. The van der Waals surface area contributed by atoms with Crippen molar-refractivity contribution in [2.45, 2.75) is 27.3 Å². The Morgan fingerprint density at radius 1 is 0.933 bits per heavy atom. The predicted octanol–water partition coefficient (Wildman–Crippen LogP) is 3.50. The molecule has 0 fully saturated rings. The molecule has 0 atom stereocenters. The van der Waals surface area contributed by atoms with E-state index in [1.54, 1.807) is 21.8 Å². The van der Waals surface area contributed by atoms with E-state index >= 15 is 0 Å². The summed E-state index contributed by atoms with van der Waals surface area (Å²) in [5.41, 5.74) is 6.75. The molecule has 5 rings (SSSR count). The van der Waals surface area contributed by atoms with Gasteiger partial charge >= 0.3 is 0 Å². The van der Waals surface area contributed by atoms with Gasteiger partial charge in [0.2, 0.25) is 0 Å². The van der Waals surface area contributed by atoms with Gasteiger partial charge in [0, 0.05) is 0 Å². The average molecular weight is 396 g/mol. The largest absolute Gasteiger partial charge is 0.292 e. The molecule has 0 radical (unpaired) electrons. The van der Waals surface area contributed by atoms with Crippen molar-refractivity contribution in [2.24, 2.45) is 0 Å². The molecule has 0 spiro atoms. The molecule has 0 saturated carbocycles. The van der Waals surface area contributed by atoms with E-state index in [0.29, 0.717) is 17.6 Å². The second-order valence-electron chi connectivity index (χ2n) is 7.56. The summed E-state index contributed by atoms with van der Waals surface area (Å²) in [6, 6.07) is 13.9. The Morgan fingerprint density at radius 2 is 1.63 bits per heavy atom. The van der Waals surface area contributed by atoms with E-state index in [0.717, 1.165) is 39.2 Å². The molecule has 0 aliphatic carbocycles. The van der Waals surface area contributed by atoms with Crippen molar-refractivity contribution in [2.75, 3.05) is 0 Å². The van der Waals surface area contributed by atoms with Crippen LogP contribution in [0.5, 0.6) is 0 Å². The molecule has 0 amide bonds. The average Bonchev–Trinajstić information content (AvgIpc) is 3.15. The number of hydrogen-bond donors (Lipinski definition) is 0. The lowest BCUT2D eigenvalue weighted by Gasteiger charge is -2.09. The third-order valence-corrected chi connectivity index (χ3v) is 5.17. The summed E-state index contributed by atoms with van der Waals surface area (Å²) in [5, 5.41) is 4.90. The SMILES string of the molecule is Cc1cc(C)cc(-n2ncc3c(=O)n(Cc4nc5ccccc5nc4C)cnc32)c1. The Balaban J connectivity index is 1.58. The van der Waals surface area contributed by atoms with Gasteiger partial charge in [0.1, 0.15) is 11.7 Å². The highest BCUT2D eigenvalue weighted by atomic mass is 16.1. The fourth-order valence-electron chi connectivity index (χ4n) is 3.76. The normalized spacial score (nSPS) is 11.4. The van der Waals surface area contributed by atoms with E-state index in [1.165, 1.54) is 0 Å². The lowest BCUT2D eigenvalue weighted by Crippen LogP contribution is -2.22. The number of rotatable bonds is 3. The van der Waals surface area contributed by atoms with Crippen LogP contribution in [-0.2, 0) is 6.54 Å². The van der Waals surface area contributed by atoms with Crippen LogP contribution >= 0.6 is 0 Å². The highest BCUT2D eigenvalue weighted by Crippen LogP contribution is 2.18. The Bertz CT molecular complexity index is 1460. The van der Waals surface area contributed by atoms with Gasteiger partial charge < -0.3 is 0 Å². The molecule has 7 heteroatoms. The molecule has 2 aromatic carbocycles. The predicted molar refractivity (Wildman–Crippen MR) is 116 cm³/mol. The van der Waals surface area contributed by atoms with Crippen molar-refractivity contribution in [3.63, 3.8) is 0 Å². The summed E-state index contributed by atoms with van der Waals surface area (Å²) in [5.74, 6) is 0. The third-order valence-electron chi connectivity index (χ3n) is 5.17. The van der Waals surface area contributed by atoms with E-state index in [9.17, 15) is 4.79 Å². The highest BCUT2D eigenvalue weighted by Gasteiger charge is 2.14. The molecule has 30 heavy (non-hydrogen) atoms. The molecule has 3 heterocycles. The molecule has 0 aliphatic heterocycles. The van der Waals surface area contributed by atoms with Gasteiger partial charge in [-0.05, 0) is 56.2 Å². The molecule has 3 aromatic heterocycles. The van der Waals surface area contributed by atoms with Crippen molar-refractivity contribution in [1.82, 2.24) is 29.3 Å². The first kappa shape index (κ1) is 18.2. The third kappa shape index (κ3) is 3.04. The van der Waals surface area contributed by atoms with Gasteiger partial charge in [-0.2, -0.15) is 5.10 Å². The van der Waals surface area contributed by atoms with Crippen molar-refractivity contribution < 1.29 is 0 Å². The molecule has 0 saturated heterocycles. The number of fused-ring (bicyclic) bond motifs is 2. The summed E-state index contributed by atoms with van der Waals surface area (Å²) in [6.07, 6.45) is 3.14. The maximum atomic E-state index is 13.1. The maximum absolute atomic E-state index is 13.1. The quantitative estimate of drug-likeness (QED) is 0.466. The Hall–Kier alpha value is -3.87. The van der Waals surface area contributed by atoms with E-state index < -0.39 is 0 Å². The van der Waals surface area contributed by atoms with Gasteiger partial charge in [-0.15, -0.1) is 0 Å². The van der Waals surface area contributed by atoms with Gasteiger partial charge in [0.25, 0.3) is 5.56 Å². The molecule has 7 nitrogen and oxygen atoms in total. The summed E-state index contributed by atoms with van der Waals surface area (Å²) < 4.78 is 3.27. The Kier molecular flexibility index (Phi) is 4.17. The standard InChI is InChI=1S/C23H20N6O/c1-14-8-15(2)10-17(9-14)29-22-18(11-25-29)23(30)28(13-24-22)12-21-16(3)26-19-6-4-5-7-20(19)27-21/h4-11,13H,12H2,1-3H3. The fourth-order valence-corrected chi connectivity index (χ4v) is 3.76. The van der Waals surface area contributed by atoms with Crippen LogP contribution in [0.4, 0.5) is 0 Å². The van der Waals surface area contributed by atoms with Crippen LogP contribution < -0.4 is 5.56 Å². The smallest absolute Gasteiger partial charge is 0.264 e. The number of nitrogens with zero attached hydrogens (tertiary/aromatic N) is 6. The Morgan fingerprint density at radius 3 is 2.37 bits per heavy atom. The lowest BCUT2D eigenvalue weighted by molar-refractivity contribution is 0.721. The first-order chi connectivity index (χ1) is 14.5. The van der Waals surface area contributed by atoms with Crippen LogP contribution in [0.3, 0.4) is 0 Å². The Labute approximate surface area is 172 Å². The first-order valence-electron chi connectivity index (χ1n) is 9.74. The van der Waals surface area contributed by atoms with E-state index in [-0.39, 0.29) is 5.56 Å². The summed E-state index contributed by atoms with van der Waals surface area (Å²) in [6.45, 7) is 6.29. The number of aromatic nitrogens is 6.